The van der Waals surface area contributed by atoms with Crippen molar-refractivity contribution in [1.82, 2.24) is 20.3 Å². The number of amides is 1. The summed E-state index contributed by atoms with van der Waals surface area (Å²) in [6.07, 6.45) is 1.74. The fourth-order valence-electron chi connectivity index (χ4n) is 2.43. The lowest BCUT2D eigenvalue weighted by Gasteiger charge is -2.17. The first-order valence-corrected chi connectivity index (χ1v) is 7.82. The highest BCUT2D eigenvalue weighted by Crippen LogP contribution is 2.16. The molecule has 0 radical (unpaired) electrons. The molecule has 1 heterocycles. The van der Waals surface area contributed by atoms with Crippen LogP contribution in [0, 0.1) is 5.82 Å². The van der Waals surface area contributed by atoms with Crippen LogP contribution in [0.4, 0.5) is 4.39 Å². The number of rotatable bonds is 6. The molecule has 0 aliphatic rings. The van der Waals surface area contributed by atoms with Crippen molar-refractivity contribution in [2.24, 2.45) is 0 Å². The van der Waals surface area contributed by atoms with Crippen LogP contribution in [0.1, 0.15) is 28.5 Å². The lowest BCUT2D eigenvalue weighted by atomic mass is 10.0. The molecule has 7 heteroatoms. The van der Waals surface area contributed by atoms with Gasteiger partial charge in [0.05, 0.1) is 17.9 Å². The Hall–Kier alpha value is -3.06. The topological polar surface area (TPSA) is 80.0 Å². The van der Waals surface area contributed by atoms with Gasteiger partial charge in [0, 0.05) is 6.61 Å². The molecule has 3 aromatic rings. The quantitative estimate of drug-likeness (QED) is 0.721. The second-order valence-corrected chi connectivity index (χ2v) is 5.44. The van der Waals surface area contributed by atoms with Gasteiger partial charge in [0.2, 0.25) is 0 Å². The number of aromatic nitrogens is 3. The van der Waals surface area contributed by atoms with Gasteiger partial charge in [-0.2, -0.15) is 9.90 Å². The summed E-state index contributed by atoms with van der Waals surface area (Å²) in [5, 5.41) is 20.3. The maximum absolute atomic E-state index is 13.0. The molecule has 128 valence electrons. The van der Waals surface area contributed by atoms with Crippen LogP contribution in [0.3, 0.4) is 0 Å². The van der Waals surface area contributed by atoms with Gasteiger partial charge in [-0.05, 0) is 36.2 Å². The highest BCUT2D eigenvalue weighted by Gasteiger charge is 2.18. The van der Waals surface area contributed by atoms with Crippen LogP contribution in [0.25, 0.3) is 5.69 Å². The fourth-order valence-corrected chi connectivity index (χ4v) is 2.43. The number of carbonyl (C=O) groups is 1. The van der Waals surface area contributed by atoms with Crippen molar-refractivity contribution in [1.29, 1.82) is 0 Å². The van der Waals surface area contributed by atoms with E-state index in [2.05, 4.69) is 15.5 Å². The minimum Gasteiger partial charge on any atom is -0.396 e. The molecule has 0 bridgehead atoms. The number of nitrogens with zero attached hydrogens (tertiary/aromatic N) is 3. The fraction of sp³-hybridized carbons (Fsp3) is 0.167. The van der Waals surface area contributed by atoms with Crippen molar-refractivity contribution in [3.05, 3.63) is 77.9 Å². The molecule has 2 aromatic carbocycles. The Morgan fingerprint density at radius 1 is 1.16 bits per heavy atom. The number of halogens is 1. The summed E-state index contributed by atoms with van der Waals surface area (Å²) < 4.78 is 13.0. The maximum Gasteiger partial charge on any atom is 0.273 e. The van der Waals surface area contributed by atoms with Gasteiger partial charge in [0.15, 0.2) is 5.69 Å². The van der Waals surface area contributed by atoms with Crippen molar-refractivity contribution in [2.45, 2.75) is 12.5 Å². The minimum absolute atomic E-state index is 0.0535. The number of benzene rings is 2. The van der Waals surface area contributed by atoms with E-state index in [-0.39, 0.29) is 24.2 Å². The lowest BCUT2D eigenvalue weighted by molar-refractivity contribution is 0.0924. The first-order chi connectivity index (χ1) is 12.2. The SMILES string of the molecule is O=C(NC(CCO)c1ccccc1)c1cnn(-c2ccc(F)cc2)n1. The number of aliphatic hydroxyl groups excluding tert-OH is 1. The second-order valence-electron chi connectivity index (χ2n) is 5.44. The van der Waals surface area contributed by atoms with E-state index in [9.17, 15) is 14.3 Å². The molecule has 1 unspecified atom stereocenters. The predicted molar refractivity (Wildman–Crippen MR) is 89.7 cm³/mol. The Kier molecular flexibility index (Phi) is 5.15. The Bertz CT molecular complexity index is 834. The number of carbonyl (C=O) groups excluding carboxylic acids is 1. The number of nitrogens with one attached hydrogen (secondary N) is 1. The number of hydrogen-bond donors (Lipinski definition) is 2. The van der Waals surface area contributed by atoms with Gasteiger partial charge >= 0.3 is 0 Å². The second kappa shape index (κ2) is 7.67. The molecule has 6 nitrogen and oxygen atoms in total. The Morgan fingerprint density at radius 2 is 1.88 bits per heavy atom. The van der Waals surface area contributed by atoms with Crippen LogP contribution >= 0.6 is 0 Å². The normalized spacial score (nSPS) is 11.9. The first kappa shape index (κ1) is 16.8. The molecule has 1 aromatic heterocycles. The summed E-state index contributed by atoms with van der Waals surface area (Å²) >= 11 is 0. The van der Waals surface area contributed by atoms with Gasteiger partial charge < -0.3 is 10.4 Å². The molecule has 0 saturated carbocycles. The molecule has 0 aliphatic heterocycles. The molecule has 25 heavy (non-hydrogen) atoms. The van der Waals surface area contributed by atoms with Gasteiger partial charge in [-0.25, -0.2) is 4.39 Å². The highest BCUT2D eigenvalue weighted by atomic mass is 19.1. The van der Waals surface area contributed by atoms with Crippen LogP contribution in [0.2, 0.25) is 0 Å². The zero-order valence-corrected chi connectivity index (χ0v) is 13.3. The number of aliphatic hydroxyl groups is 1. The summed E-state index contributed by atoms with van der Waals surface area (Å²) in [5.74, 6) is -0.751. The van der Waals surface area contributed by atoms with Crippen molar-refractivity contribution in [3.8, 4) is 5.69 Å². The lowest BCUT2D eigenvalue weighted by Crippen LogP contribution is -2.29. The molecule has 1 amide bonds. The monoisotopic (exact) mass is 340 g/mol. The number of hydrogen-bond acceptors (Lipinski definition) is 4. The minimum atomic E-state index is -0.393. The summed E-state index contributed by atoms with van der Waals surface area (Å²) in [4.78, 5) is 13.7. The van der Waals surface area contributed by atoms with Crippen molar-refractivity contribution in [2.75, 3.05) is 6.61 Å². The van der Waals surface area contributed by atoms with E-state index in [1.165, 1.54) is 35.3 Å². The summed E-state index contributed by atoms with van der Waals surface area (Å²) in [6.45, 7) is -0.0535. The third-order valence-corrected chi connectivity index (χ3v) is 3.71. The van der Waals surface area contributed by atoms with Crippen molar-refractivity contribution in [3.63, 3.8) is 0 Å². The third kappa shape index (κ3) is 4.07. The molecule has 0 spiro atoms. The van der Waals surface area contributed by atoms with Gasteiger partial charge in [-0.15, -0.1) is 5.10 Å². The third-order valence-electron chi connectivity index (χ3n) is 3.71. The smallest absolute Gasteiger partial charge is 0.273 e. The molecular weight excluding hydrogens is 323 g/mol. The first-order valence-electron chi connectivity index (χ1n) is 7.82. The van der Waals surface area contributed by atoms with E-state index in [0.29, 0.717) is 12.1 Å². The average Bonchev–Trinajstić information content (AvgIpc) is 3.13. The van der Waals surface area contributed by atoms with Crippen molar-refractivity contribution < 1.29 is 14.3 Å². The zero-order valence-electron chi connectivity index (χ0n) is 13.3. The van der Waals surface area contributed by atoms with Crippen LogP contribution in [-0.2, 0) is 0 Å². The van der Waals surface area contributed by atoms with E-state index in [1.54, 1.807) is 0 Å². The Morgan fingerprint density at radius 3 is 2.56 bits per heavy atom. The largest absolute Gasteiger partial charge is 0.396 e. The molecular formula is C18H17FN4O2. The van der Waals surface area contributed by atoms with E-state index in [1.807, 2.05) is 30.3 Å². The van der Waals surface area contributed by atoms with Crippen LogP contribution in [0.15, 0.2) is 60.8 Å². The predicted octanol–water partition coefficient (Wildman–Crippen LogP) is 2.26. The Balaban J connectivity index is 1.75. The summed E-state index contributed by atoms with van der Waals surface area (Å²) in [6, 6.07) is 14.7. The van der Waals surface area contributed by atoms with Crippen LogP contribution in [0.5, 0.6) is 0 Å². The van der Waals surface area contributed by atoms with E-state index < -0.39 is 5.91 Å². The molecule has 0 saturated heterocycles. The molecule has 2 N–H and O–H groups in total. The zero-order chi connectivity index (χ0) is 17.6. The van der Waals surface area contributed by atoms with Gasteiger partial charge in [-0.3, -0.25) is 4.79 Å². The van der Waals surface area contributed by atoms with E-state index in [4.69, 9.17) is 0 Å². The average molecular weight is 340 g/mol. The van der Waals surface area contributed by atoms with Crippen LogP contribution in [-0.4, -0.2) is 32.6 Å². The van der Waals surface area contributed by atoms with E-state index >= 15 is 0 Å². The van der Waals surface area contributed by atoms with Gasteiger partial charge in [0.1, 0.15) is 5.82 Å². The van der Waals surface area contributed by atoms with Crippen molar-refractivity contribution >= 4 is 5.91 Å². The van der Waals surface area contributed by atoms with Gasteiger partial charge in [-0.1, -0.05) is 30.3 Å². The summed E-state index contributed by atoms with van der Waals surface area (Å²) in [7, 11) is 0. The molecule has 0 fully saturated rings. The standard InChI is InChI=1S/C18H17FN4O2/c19-14-6-8-15(9-7-14)23-20-12-17(22-23)18(25)21-16(10-11-24)13-4-2-1-3-5-13/h1-9,12,16,24H,10-11H2,(H,21,25). The van der Waals surface area contributed by atoms with Crippen LogP contribution < -0.4 is 5.32 Å². The highest BCUT2D eigenvalue weighted by molar-refractivity contribution is 5.92. The van der Waals surface area contributed by atoms with Gasteiger partial charge in [0.25, 0.3) is 5.91 Å². The molecule has 0 aliphatic carbocycles. The van der Waals surface area contributed by atoms with E-state index in [0.717, 1.165) is 5.56 Å². The Labute approximate surface area is 143 Å². The summed E-state index contributed by atoms with van der Waals surface area (Å²) in [5.41, 5.74) is 1.59. The molecule has 1 atom stereocenters. The maximum atomic E-state index is 13.0. The molecule has 3 rings (SSSR count).